The second-order valence-corrected chi connectivity index (χ2v) is 9.00. The van der Waals surface area contributed by atoms with Crippen LogP contribution in [0.2, 0.25) is 0 Å². The van der Waals surface area contributed by atoms with Crippen molar-refractivity contribution in [2.45, 2.75) is 52.7 Å². The first-order valence-electron chi connectivity index (χ1n) is 10.3. The summed E-state index contributed by atoms with van der Waals surface area (Å²) in [6.45, 7) is 10.7. The number of nitrogens with one attached hydrogen (secondary N) is 1. The number of thioether (sulfide) groups is 1. The van der Waals surface area contributed by atoms with Crippen molar-refractivity contribution in [3.05, 3.63) is 58.7 Å². The molecule has 1 heterocycles. The molecular weight excluding hydrogens is 394 g/mol. The van der Waals surface area contributed by atoms with E-state index in [4.69, 9.17) is 4.99 Å². The van der Waals surface area contributed by atoms with Crippen LogP contribution in [-0.2, 0) is 9.59 Å². The van der Waals surface area contributed by atoms with Crippen molar-refractivity contribution >= 4 is 40.1 Å². The van der Waals surface area contributed by atoms with Crippen molar-refractivity contribution in [1.82, 2.24) is 4.90 Å². The number of aliphatic imine (C=N–C) groups is 1. The van der Waals surface area contributed by atoms with Gasteiger partial charge < -0.3 is 5.32 Å². The fourth-order valence-corrected chi connectivity index (χ4v) is 4.48. The highest BCUT2D eigenvalue weighted by atomic mass is 32.2. The monoisotopic (exact) mass is 423 g/mol. The molecule has 6 heteroatoms. The Morgan fingerprint density at radius 2 is 1.80 bits per heavy atom. The van der Waals surface area contributed by atoms with Crippen molar-refractivity contribution in [2.75, 3.05) is 11.9 Å². The number of nitrogens with zero attached hydrogens (tertiary/aromatic N) is 2. The van der Waals surface area contributed by atoms with Gasteiger partial charge in [-0.15, -0.1) is 0 Å². The number of amides is 2. The molecule has 0 saturated carbocycles. The lowest BCUT2D eigenvalue weighted by molar-refractivity contribution is -0.128. The van der Waals surface area contributed by atoms with Crippen LogP contribution in [0.5, 0.6) is 0 Å². The van der Waals surface area contributed by atoms with Crippen LogP contribution in [0.3, 0.4) is 0 Å². The molecule has 1 atom stereocenters. The third kappa shape index (κ3) is 5.11. The summed E-state index contributed by atoms with van der Waals surface area (Å²) < 4.78 is 0. The van der Waals surface area contributed by atoms with Gasteiger partial charge >= 0.3 is 0 Å². The molecule has 0 unspecified atom stereocenters. The number of benzene rings is 2. The molecular formula is C24H29N3O2S. The number of amidine groups is 1. The summed E-state index contributed by atoms with van der Waals surface area (Å²) in [5.74, 6) is -0.195. The summed E-state index contributed by atoms with van der Waals surface area (Å²) in [4.78, 5) is 32.1. The highest BCUT2D eigenvalue weighted by Crippen LogP contribution is 2.32. The van der Waals surface area contributed by atoms with Gasteiger partial charge in [0.15, 0.2) is 5.17 Å². The first-order valence-corrected chi connectivity index (χ1v) is 11.2. The Bertz CT molecular complexity index is 1000. The maximum atomic E-state index is 13.0. The second kappa shape index (κ2) is 9.47. The molecule has 2 aromatic carbocycles. The van der Waals surface area contributed by atoms with Gasteiger partial charge in [0, 0.05) is 18.7 Å². The lowest BCUT2D eigenvalue weighted by Crippen LogP contribution is -2.34. The molecule has 0 radical (unpaired) electrons. The van der Waals surface area contributed by atoms with Gasteiger partial charge in [-0.25, -0.2) is 4.99 Å². The molecule has 5 nitrogen and oxygen atoms in total. The third-order valence-corrected chi connectivity index (χ3v) is 6.40. The summed E-state index contributed by atoms with van der Waals surface area (Å²) >= 11 is 1.38. The third-order valence-electron chi connectivity index (χ3n) is 5.22. The largest absolute Gasteiger partial charge is 0.326 e. The molecule has 30 heavy (non-hydrogen) atoms. The molecule has 1 aliphatic rings. The minimum absolute atomic E-state index is 0.0412. The summed E-state index contributed by atoms with van der Waals surface area (Å²) in [7, 11) is 0. The Morgan fingerprint density at radius 3 is 2.50 bits per heavy atom. The molecule has 0 spiro atoms. The van der Waals surface area contributed by atoms with E-state index < -0.39 is 5.25 Å². The van der Waals surface area contributed by atoms with E-state index in [1.165, 1.54) is 17.3 Å². The Kier molecular flexibility index (Phi) is 6.98. The smallest absolute Gasteiger partial charge is 0.242 e. The van der Waals surface area contributed by atoms with Crippen molar-refractivity contribution < 1.29 is 9.59 Å². The lowest BCUT2D eigenvalue weighted by atomic mass is 10.1. The van der Waals surface area contributed by atoms with Crippen molar-refractivity contribution in [1.29, 1.82) is 0 Å². The summed E-state index contributed by atoms with van der Waals surface area (Å²) in [6, 6.07) is 12.0. The molecule has 1 saturated heterocycles. The van der Waals surface area contributed by atoms with E-state index in [0.29, 0.717) is 11.7 Å². The fourth-order valence-electron chi connectivity index (χ4n) is 3.30. The zero-order valence-electron chi connectivity index (χ0n) is 18.3. The van der Waals surface area contributed by atoms with Crippen molar-refractivity contribution in [3.63, 3.8) is 0 Å². The normalized spacial score (nSPS) is 17.6. The predicted molar refractivity (Wildman–Crippen MR) is 126 cm³/mol. The maximum absolute atomic E-state index is 13.0. The number of hydrogen-bond donors (Lipinski definition) is 1. The van der Waals surface area contributed by atoms with Crippen LogP contribution in [0.4, 0.5) is 11.4 Å². The van der Waals surface area contributed by atoms with Gasteiger partial charge in [-0.05, 0) is 74.6 Å². The highest BCUT2D eigenvalue weighted by molar-refractivity contribution is 8.15. The molecule has 0 bridgehead atoms. The number of anilines is 1. The van der Waals surface area contributed by atoms with Crippen molar-refractivity contribution in [3.8, 4) is 0 Å². The van der Waals surface area contributed by atoms with Gasteiger partial charge in [0.05, 0.1) is 5.69 Å². The SMILES string of the molecule is CCCN1C(=O)[C@H](CC(=O)Nc2cc(C)ccc2C)SC1=Nc1ccc(C)c(C)c1. The Morgan fingerprint density at radius 1 is 1.07 bits per heavy atom. The standard InChI is InChI=1S/C24H29N3O2S/c1-6-11-27-23(29)21(14-22(28)26-20-12-15(2)7-8-17(20)4)30-24(27)25-19-10-9-16(3)18(5)13-19/h7-10,12-13,21H,6,11,14H2,1-5H3,(H,26,28)/t21-/m0/s1. The Hall–Kier alpha value is -2.60. The summed E-state index contributed by atoms with van der Waals surface area (Å²) in [6.07, 6.45) is 0.961. The van der Waals surface area contributed by atoms with Gasteiger partial charge in [-0.1, -0.05) is 36.9 Å². The Labute approximate surface area is 183 Å². The van der Waals surface area contributed by atoms with Crippen LogP contribution < -0.4 is 5.32 Å². The average molecular weight is 424 g/mol. The van der Waals surface area contributed by atoms with E-state index in [1.807, 2.05) is 57.2 Å². The van der Waals surface area contributed by atoms with Crippen LogP contribution in [0, 0.1) is 27.7 Å². The minimum atomic E-state index is -0.452. The van der Waals surface area contributed by atoms with E-state index in [2.05, 4.69) is 19.2 Å². The van der Waals surface area contributed by atoms with Gasteiger partial charge in [-0.2, -0.15) is 0 Å². The van der Waals surface area contributed by atoms with Gasteiger partial charge in [0.2, 0.25) is 11.8 Å². The number of hydrogen-bond acceptors (Lipinski definition) is 4. The zero-order valence-corrected chi connectivity index (χ0v) is 19.1. The topological polar surface area (TPSA) is 61.8 Å². The number of aryl methyl sites for hydroxylation is 4. The van der Waals surface area contributed by atoms with Crippen LogP contribution in [0.1, 0.15) is 42.0 Å². The van der Waals surface area contributed by atoms with E-state index in [-0.39, 0.29) is 18.2 Å². The second-order valence-electron chi connectivity index (χ2n) is 7.83. The summed E-state index contributed by atoms with van der Waals surface area (Å²) in [5.41, 5.74) is 6.08. The highest BCUT2D eigenvalue weighted by Gasteiger charge is 2.38. The molecule has 3 rings (SSSR count). The van der Waals surface area contributed by atoms with E-state index in [1.54, 1.807) is 4.90 Å². The molecule has 1 aliphatic heterocycles. The molecule has 2 amide bonds. The van der Waals surface area contributed by atoms with Gasteiger partial charge in [0.1, 0.15) is 5.25 Å². The minimum Gasteiger partial charge on any atom is -0.326 e. The van der Waals surface area contributed by atoms with E-state index in [0.717, 1.165) is 34.5 Å². The fraction of sp³-hybridized carbons (Fsp3) is 0.375. The van der Waals surface area contributed by atoms with Gasteiger partial charge in [0.25, 0.3) is 0 Å². The molecule has 0 aliphatic carbocycles. The lowest BCUT2D eigenvalue weighted by Gasteiger charge is -2.15. The van der Waals surface area contributed by atoms with Crippen LogP contribution >= 0.6 is 11.8 Å². The van der Waals surface area contributed by atoms with Gasteiger partial charge in [-0.3, -0.25) is 14.5 Å². The molecule has 1 N–H and O–H groups in total. The number of rotatable bonds is 6. The summed E-state index contributed by atoms with van der Waals surface area (Å²) in [5, 5.41) is 3.18. The van der Waals surface area contributed by atoms with E-state index in [9.17, 15) is 9.59 Å². The first-order chi connectivity index (χ1) is 14.3. The zero-order chi connectivity index (χ0) is 21.8. The van der Waals surface area contributed by atoms with Crippen LogP contribution in [-0.4, -0.2) is 33.7 Å². The quantitative estimate of drug-likeness (QED) is 0.687. The van der Waals surface area contributed by atoms with Crippen LogP contribution in [0.25, 0.3) is 0 Å². The first kappa shape index (κ1) is 22.1. The number of carbonyl (C=O) groups excluding carboxylic acids is 2. The van der Waals surface area contributed by atoms with Crippen LogP contribution in [0.15, 0.2) is 41.4 Å². The van der Waals surface area contributed by atoms with E-state index >= 15 is 0 Å². The molecule has 158 valence electrons. The molecule has 2 aromatic rings. The average Bonchev–Trinajstić information content (AvgIpc) is 2.96. The molecule has 1 fully saturated rings. The maximum Gasteiger partial charge on any atom is 0.242 e. The van der Waals surface area contributed by atoms with Crippen molar-refractivity contribution in [2.24, 2.45) is 4.99 Å². The number of carbonyl (C=O) groups is 2. The Balaban J connectivity index is 1.76. The molecule has 0 aromatic heterocycles. The predicted octanol–water partition coefficient (Wildman–Crippen LogP) is 5.29.